The summed E-state index contributed by atoms with van der Waals surface area (Å²) in [7, 11) is 0. The maximum absolute atomic E-state index is 12.1. The van der Waals surface area contributed by atoms with Crippen molar-refractivity contribution in [3.63, 3.8) is 0 Å². The van der Waals surface area contributed by atoms with Crippen LogP contribution in [-0.2, 0) is 0 Å². The lowest BCUT2D eigenvalue weighted by Gasteiger charge is -2.07. The zero-order valence-electron chi connectivity index (χ0n) is 9.39. The van der Waals surface area contributed by atoms with E-state index in [-0.39, 0.29) is 5.56 Å². The van der Waals surface area contributed by atoms with Crippen molar-refractivity contribution in [3.05, 3.63) is 62.8 Å². The van der Waals surface area contributed by atoms with Gasteiger partial charge in [-0.05, 0) is 12.1 Å². The highest BCUT2D eigenvalue weighted by Crippen LogP contribution is 2.05. The number of aromatic nitrogens is 3. The largest absolute Gasteiger partial charge is 0.275 e. The smallest absolute Gasteiger partial charge is 0.269 e. The van der Waals surface area contributed by atoms with Gasteiger partial charge in [-0.15, -0.1) is 0 Å². The number of nitrogens with one attached hydrogen (secondary N) is 1. The fourth-order valence-electron chi connectivity index (χ4n) is 1.39. The van der Waals surface area contributed by atoms with Gasteiger partial charge in [0, 0.05) is 30.2 Å². The molecule has 9 nitrogen and oxygen atoms in total. The van der Waals surface area contributed by atoms with E-state index >= 15 is 0 Å². The molecule has 2 aromatic rings. The Morgan fingerprint density at radius 2 is 1.95 bits per heavy atom. The molecule has 0 aliphatic heterocycles. The van der Waals surface area contributed by atoms with Crippen molar-refractivity contribution in [2.45, 2.75) is 0 Å². The van der Waals surface area contributed by atoms with Gasteiger partial charge >= 0.3 is 0 Å². The summed E-state index contributed by atoms with van der Waals surface area (Å²) in [4.78, 5) is 41.5. The van der Waals surface area contributed by atoms with Crippen molar-refractivity contribution in [3.8, 4) is 0 Å². The van der Waals surface area contributed by atoms with Gasteiger partial charge < -0.3 is 0 Å². The molecule has 0 fully saturated rings. The molecule has 0 saturated carbocycles. The molecule has 0 radical (unpaired) electrons. The molecule has 0 amide bonds. The quantitative estimate of drug-likeness (QED) is 0.606. The summed E-state index contributed by atoms with van der Waals surface area (Å²) in [5.41, 5.74) is 1.14. The minimum absolute atomic E-state index is 0.163. The number of hydrogen-bond acceptors (Lipinski definition) is 6. The summed E-state index contributed by atoms with van der Waals surface area (Å²) in [5.74, 6) is -1.19. The van der Waals surface area contributed by atoms with E-state index in [1.807, 2.05) is 0 Å². The number of pyridine rings is 1. The molecule has 1 N–H and O–H groups in total. The molecule has 0 unspecified atom stereocenters. The maximum atomic E-state index is 12.1. The summed E-state index contributed by atoms with van der Waals surface area (Å²) >= 11 is 0. The van der Waals surface area contributed by atoms with Crippen LogP contribution in [0.3, 0.4) is 0 Å². The van der Waals surface area contributed by atoms with Gasteiger partial charge in [-0.2, -0.15) is 0 Å². The zero-order valence-corrected chi connectivity index (χ0v) is 9.39. The lowest BCUT2D eigenvalue weighted by Crippen LogP contribution is -2.31. The molecule has 19 heavy (non-hydrogen) atoms. The molecule has 9 heteroatoms. The molecule has 0 spiro atoms. The first-order chi connectivity index (χ1) is 9.09. The standard InChI is InChI=1S/C10H7N5O4/c16-8-3-6-12-10(13-15(18)19)14(8)9(17)7-1-4-11-5-2-7/h1-6H,(H,12,13). The minimum Gasteiger partial charge on any atom is -0.269 e. The number of hydrogen-bond donors (Lipinski definition) is 1. The molecule has 0 saturated heterocycles. The van der Waals surface area contributed by atoms with E-state index in [0.29, 0.717) is 4.57 Å². The minimum atomic E-state index is -0.905. The summed E-state index contributed by atoms with van der Waals surface area (Å²) < 4.78 is 0.581. The van der Waals surface area contributed by atoms with Crippen molar-refractivity contribution in [2.24, 2.45) is 0 Å². The van der Waals surface area contributed by atoms with Gasteiger partial charge in [-0.25, -0.2) is 19.7 Å². The highest BCUT2D eigenvalue weighted by molar-refractivity contribution is 5.97. The molecule has 0 atom stereocenters. The van der Waals surface area contributed by atoms with Gasteiger partial charge in [0.2, 0.25) is 0 Å². The first-order valence-corrected chi connectivity index (χ1v) is 5.03. The molecule has 96 valence electrons. The molecule has 2 heterocycles. The van der Waals surface area contributed by atoms with E-state index in [2.05, 4.69) is 9.97 Å². The first-order valence-electron chi connectivity index (χ1n) is 5.03. The summed E-state index contributed by atoms with van der Waals surface area (Å²) in [5, 5.41) is 9.50. The van der Waals surface area contributed by atoms with E-state index in [1.54, 1.807) is 5.43 Å². The predicted octanol–water partition coefficient (Wildman–Crippen LogP) is -0.0696. The highest BCUT2D eigenvalue weighted by atomic mass is 16.7. The van der Waals surface area contributed by atoms with Crippen molar-refractivity contribution in [1.82, 2.24) is 14.5 Å². The maximum Gasteiger partial charge on any atom is 0.275 e. The predicted molar refractivity (Wildman–Crippen MR) is 63.1 cm³/mol. The van der Waals surface area contributed by atoms with E-state index in [4.69, 9.17) is 0 Å². The van der Waals surface area contributed by atoms with Gasteiger partial charge in [0.1, 0.15) is 0 Å². The number of carbonyl (C=O) groups is 1. The van der Waals surface area contributed by atoms with Crippen LogP contribution >= 0.6 is 0 Å². The fourth-order valence-corrected chi connectivity index (χ4v) is 1.39. The Balaban J connectivity index is 2.53. The Labute approximate surface area is 105 Å². The Kier molecular flexibility index (Phi) is 3.28. The third-order valence-electron chi connectivity index (χ3n) is 2.17. The SMILES string of the molecule is O=C(c1ccncc1)n1c(N[N+](=O)[O-])nccc1=O. The van der Waals surface area contributed by atoms with Crippen LogP contribution in [0.2, 0.25) is 0 Å². The van der Waals surface area contributed by atoms with Crippen LogP contribution in [0, 0.1) is 10.1 Å². The summed E-state index contributed by atoms with van der Waals surface area (Å²) in [6, 6.07) is 3.81. The zero-order chi connectivity index (χ0) is 13.8. The molecule has 2 rings (SSSR count). The van der Waals surface area contributed by atoms with Crippen molar-refractivity contribution in [1.29, 1.82) is 0 Å². The first kappa shape index (κ1) is 12.4. The Bertz CT molecular complexity index is 682. The number of nitrogens with zero attached hydrogens (tertiary/aromatic N) is 4. The monoisotopic (exact) mass is 261 g/mol. The van der Waals surface area contributed by atoms with Crippen LogP contribution in [-0.4, -0.2) is 25.5 Å². The number of hydrazine groups is 1. The second-order valence-corrected chi connectivity index (χ2v) is 3.35. The molecular weight excluding hydrogens is 254 g/mol. The molecule has 0 aromatic carbocycles. The Hall–Kier alpha value is -3.10. The molecule has 0 aliphatic carbocycles. The van der Waals surface area contributed by atoms with Crippen LogP contribution in [0.15, 0.2) is 41.6 Å². The summed E-state index contributed by atoms with van der Waals surface area (Å²) in [6.45, 7) is 0. The van der Waals surface area contributed by atoms with Crippen LogP contribution in [0.4, 0.5) is 5.95 Å². The lowest BCUT2D eigenvalue weighted by atomic mass is 10.2. The summed E-state index contributed by atoms with van der Waals surface area (Å²) in [6.07, 6.45) is 3.81. The van der Waals surface area contributed by atoms with Gasteiger partial charge in [0.15, 0.2) is 5.03 Å². The average molecular weight is 261 g/mol. The number of anilines is 1. The molecule has 2 aromatic heterocycles. The normalized spacial score (nSPS) is 9.89. The lowest BCUT2D eigenvalue weighted by molar-refractivity contribution is -0.446. The Morgan fingerprint density at radius 3 is 2.58 bits per heavy atom. The van der Waals surface area contributed by atoms with Crippen LogP contribution in [0.5, 0.6) is 0 Å². The average Bonchev–Trinajstić information content (AvgIpc) is 2.38. The van der Waals surface area contributed by atoms with Crippen LogP contribution < -0.4 is 11.0 Å². The second kappa shape index (κ2) is 5.04. The Morgan fingerprint density at radius 1 is 1.26 bits per heavy atom. The third-order valence-corrected chi connectivity index (χ3v) is 2.17. The van der Waals surface area contributed by atoms with E-state index in [1.165, 1.54) is 24.5 Å². The van der Waals surface area contributed by atoms with Crippen molar-refractivity contribution in [2.75, 3.05) is 5.43 Å². The van der Waals surface area contributed by atoms with Gasteiger partial charge in [0.25, 0.3) is 17.4 Å². The fraction of sp³-hybridized carbons (Fsp3) is 0. The third kappa shape index (κ3) is 2.60. The van der Waals surface area contributed by atoms with Crippen molar-refractivity contribution < 1.29 is 9.83 Å². The van der Waals surface area contributed by atoms with E-state index in [0.717, 1.165) is 12.3 Å². The number of rotatable bonds is 3. The topological polar surface area (TPSA) is 120 Å². The highest BCUT2D eigenvalue weighted by Gasteiger charge is 2.17. The van der Waals surface area contributed by atoms with E-state index in [9.17, 15) is 19.7 Å². The van der Waals surface area contributed by atoms with Crippen molar-refractivity contribution >= 4 is 11.9 Å². The second-order valence-electron chi connectivity index (χ2n) is 3.35. The van der Waals surface area contributed by atoms with E-state index < -0.39 is 22.4 Å². The van der Waals surface area contributed by atoms with Gasteiger partial charge in [-0.1, -0.05) is 5.43 Å². The number of carbonyl (C=O) groups excluding carboxylic acids is 1. The van der Waals surface area contributed by atoms with Gasteiger partial charge in [-0.3, -0.25) is 14.6 Å². The van der Waals surface area contributed by atoms with Crippen LogP contribution in [0.25, 0.3) is 0 Å². The van der Waals surface area contributed by atoms with Gasteiger partial charge in [0.05, 0.1) is 0 Å². The van der Waals surface area contributed by atoms with Crippen LogP contribution in [0.1, 0.15) is 10.4 Å². The number of nitro groups is 1. The molecule has 0 bridgehead atoms. The molecule has 0 aliphatic rings. The molecular formula is C10H7N5O4.